The molecule has 108 valence electrons. The molecule has 0 unspecified atom stereocenters. The fraction of sp³-hybridized carbons (Fsp3) is 0.538. The maximum Gasteiger partial charge on any atom is 0.446 e. The van der Waals surface area contributed by atoms with Crippen LogP contribution in [0.15, 0.2) is 29.2 Å². The van der Waals surface area contributed by atoms with Crippen molar-refractivity contribution < 1.29 is 13.2 Å². The highest BCUT2D eigenvalue weighted by Crippen LogP contribution is 2.38. The monoisotopic (exact) mass is 311 g/mol. The SMILES string of the molecule is Cl.N[C@@H](c1ccc(SC(F)(F)F)cc1)C1CCCC1. The summed E-state index contributed by atoms with van der Waals surface area (Å²) in [6.07, 6.45) is 4.67. The molecule has 6 heteroatoms. The molecule has 1 aliphatic rings. The number of thioether (sulfide) groups is 1. The summed E-state index contributed by atoms with van der Waals surface area (Å²) in [6, 6.07) is 6.40. The minimum atomic E-state index is -4.23. The van der Waals surface area contributed by atoms with Crippen molar-refractivity contribution in [3.05, 3.63) is 29.8 Å². The molecular formula is C13H17ClF3NS. The molecule has 1 saturated carbocycles. The Hall–Kier alpha value is -0.390. The van der Waals surface area contributed by atoms with Gasteiger partial charge in [0.15, 0.2) is 0 Å². The van der Waals surface area contributed by atoms with Crippen LogP contribution in [0.5, 0.6) is 0 Å². The molecule has 1 nitrogen and oxygen atoms in total. The van der Waals surface area contributed by atoms with Crippen molar-refractivity contribution in [2.24, 2.45) is 11.7 Å². The second-order valence-corrected chi connectivity index (χ2v) is 5.83. The van der Waals surface area contributed by atoms with Gasteiger partial charge in [-0.1, -0.05) is 25.0 Å². The molecular weight excluding hydrogens is 295 g/mol. The van der Waals surface area contributed by atoms with Crippen LogP contribution in [-0.2, 0) is 0 Å². The third kappa shape index (κ3) is 4.89. The smallest absolute Gasteiger partial charge is 0.324 e. The molecule has 0 amide bonds. The number of hydrogen-bond acceptors (Lipinski definition) is 2. The van der Waals surface area contributed by atoms with Gasteiger partial charge in [0.05, 0.1) is 0 Å². The van der Waals surface area contributed by atoms with Gasteiger partial charge >= 0.3 is 5.51 Å². The summed E-state index contributed by atoms with van der Waals surface area (Å²) in [5, 5.41) is 0. The van der Waals surface area contributed by atoms with Crippen LogP contribution in [0, 0.1) is 5.92 Å². The molecule has 0 bridgehead atoms. The first-order valence-electron chi connectivity index (χ1n) is 6.07. The first kappa shape index (κ1) is 16.7. The first-order chi connectivity index (χ1) is 8.46. The topological polar surface area (TPSA) is 26.0 Å². The van der Waals surface area contributed by atoms with Gasteiger partial charge in [-0.25, -0.2) is 0 Å². The summed E-state index contributed by atoms with van der Waals surface area (Å²) >= 11 is -0.0874. The Morgan fingerprint density at radius 3 is 2.11 bits per heavy atom. The average molecular weight is 312 g/mol. The average Bonchev–Trinajstić information content (AvgIpc) is 2.80. The number of hydrogen-bond donors (Lipinski definition) is 1. The van der Waals surface area contributed by atoms with E-state index in [0.717, 1.165) is 18.4 Å². The predicted octanol–water partition coefficient (Wildman–Crippen LogP) is 4.91. The van der Waals surface area contributed by atoms with Crippen molar-refractivity contribution in [3.8, 4) is 0 Å². The quantitative estimate of drug-likeness (QED) is 0.803. The van der Waals surface area contributed by atoms with Gasteiger partial charge in [0.25, 0.3) is 0 Å². The Bertz CT molecular complexity index is 388. The highest BCUT2D eigenvalue weighted by Gasteiger charge is 2.29. The lowest BCUT2D eigenvalue weighted by Crippen LogP contribution is -2.18. The molecule has 0 spiro atoms. The van der Waals surface area contributed by atoms with Gasteiger partial charge < -0.3 is 5.73 Å². The van der Waals surface area contributed by atoms with Gasteiger partial charge in [0.1, 0.15) is 0 Å². The van der Waals surface area contributed by atoms with Crippen LogP contribution in [0.2, 0.25) is 0 Å². The zero-order valence-electron chi connectivity index (χ0n) is 10.3. The molecule has 1 aromatic carbocycles. The van der Waals surface area contributed by atoms with Crippen LogP contribution in [-0.4, -0.2) is 5.51 Å². The Balaban J connectivity index is 0.00000180. The second-order valence-electron chi connectivity index (χ2n) is 4.69. The molecule has 0 aromatic heterocycles. The van der Waals surface area contributed by atoms with E-state index in [4.69, 9.17) is 5.73 Å². The lowest BCUT2D eigenvalue weighted by molar-refractivity contribution is -0.0328. The van der Waals surface area contributed by atoms with E-state index in [2.05, 4.69) is 0 Å². The van der Waals surface area contributed by atoms with E-state index in [0.29, 0.717) is 5.92 Å². The van der Waals surface area contributed by atoms with Crippen LogP contribution in [0.4, 0.5) is 13.2 Å². The number of benzene rings is 1. The van der Waals surface area contributed by atoms with Crippen LogP contribution in [0.3, 0.4) is 0 Å². The Labute approximate surface area is 121 Å². The van der Waals surface area contributed by atoms with Gasteiger partial charge in [-0.3, -0.25) is 0 Å². The van der Waals surface area contributed by atoms with Crippen LogP contribution >= 0.6 is 24.2 Å². The molecule has 0 heterocycles. The van der Waals surface area contributed by atoms with Crippen molar-refractivity contribution >= 4 is 24.2 Å². The van der Waals surface area contributed by atoms with E-state index in [1.54, 1.807) is 12.1 Å². The van der Waals surface area contributed by atoms with Gasteiger partial charge in [-0.15, -0.1) is 12.4 Å². The van der Waals surface area contributed by atoms with Gasteiger partial charge in [0.2, 0.25) is 0 Å². The molecule has 1 aromatic rings. The van der Waals surface area contributed by atoms with E-state index in [9.17, 15) is 13.2 Å². The summed E-state index contributed by atoms with van der Waals surface area (Å²) in [5.41, 5.74) is 2.86. The minimum absolute atomic E-state index is 0. The van der Waals surface area contributed by atoms with Crippen LogP contribution < -0.4 is 5.73 Å². The lowest BCUT2D eigenvalue weighted by atomic mass is 9.93. The summed E-state index contributed by atoms with van der Waals surface area (Å²) in [7, 11) is 0. The molecule has 1 fully saturated rings. The van der Waals surface area contributed by atoms with E-state index in [-0.39, 0.29) is 35.1 Å². The summed E-state index contributed by atoms with van der Waals surface area (Å²) < 4.78 is 36.6. The fourth-order valence-corrected chi connectivity index (χ4v) is 3.02. The lowest BCUT2D eigenvalue weighted by Gasteiger charge is -2.19. The first-order valence-corrected chi connectivity index (χ1v) is 6.88. The van der Waals surface area contributed by atoms with Crippen molar-refractivity contribution in [1.29, 1.82) is 0 Å². The minimum Gasteiger partial charge on any atom is -0.324 e. The van der Waals surface area contributed by atoms with Gasteiger partial charge in [-0.05, 0) is 48.2 Å². The summed E-state index contributed by atoms with van der Waals surface area (Å²) in [5.74, 6) is 0.478. The molecule has 0 saturated heterocycles. The van der Waals surface area contributed by atoms with Crippen molar-refractivity contribution in [1.82, 2.24) is 0 Å². The molecule has 1 atom stereocenters. The summed E-state index contributed by atoms with van der Waals surface area (Å²) in [6.45, 7) is 0. The Morgan fingerprint density at radius 1 is 1.11 bits per heavy atom. The number of rotatable bonds is 3. The van der Waals surface area contributed by atoms with E-state index < -0.39 is 5.51 Å². The highest BCUT2D eigenvalue weighted by molar-refractivity contribution is 8.00. The van der Waals surface area contributed by atoms with Crippen LogP contribution in [0.1, 0.15) is 37.3 Å². The highest BCUT2D eigenvalue weighted by atomic mass is 35.5. The normalized spacial score (nSPS) is 18.1. The number of halogens is 4. The van der Waals surface area contributed by atoms with Gasteiger partial charge in [-0.2, -0.15) is 13.2 Å². The number of nitrogens with two attached hydrogens (primary N) is 1. The largest absolute Gasteiger partial charge is 0.446 e. The maximum atomic E-state index is 12.2. The third-order valence-corrected chi connectivity index (χ3v) is 4.15. The molecule has 0 radical (unpaired) electrons. The third-order valence-electron chi connectivity index (χ3n) is 3.41. The molecule has 2 N–H and O–H groups in total. The van der Waals surface area contributed by atoms with E-state index in [1.807, 2.05) is 0 Å². The predicted molar refractivity (Wildman–Crippen MR) is 74.5 cm³/mol. The van der Waals surface area contributed by atoms with E-state index in [1.165, 1.54) is 25.0 Å². The van der Waals surface area contributed by atoms with Crippen molar-refractivity contribution in [2.45, 2.75) is 42.1 Å². The standard InChI is InChI=1S/C13H16F3NS.ClH/c14-13(15,16)18-11-7-5-10(6-8-11)12(17)9-3-1-2-4-9;/h5-9,12H,1-4,17H2;1H/t12-;/m1./s1. The maximum absolute atomic E-state index is 12.2. The zero-order chi connectivity index (χ0) is 13.2. The molecule has 2 rings (SSSR count). The Morgan fingerprint density at radius 2 is 1.63 bits per heavy atom. The van der Waals surface area contributed by atoms with Crippen molar-refractivity contribution in [2.75, 3.05) is 0 Å². The second kappa shape index (κ2) is 6.86. The molecule has 1 aliphatic carbocycles. The zero-order valence-corrected chi connectivity index (χ0v) is 12.0. The summed E-state index contributed by atoms with van der Waals surface area (Å²) in [4.78, 5) is 0.213. The van der Waals surface area contributed by atoms with Gasteiger partial charge in [0, 0.05) is 10.9 Å². The van der Waals surface area contributed by atoms with E-state index >= 15 is 0 Å². The van der Waals surface area contributed by atoms with Crippen LogP contribution in [0.25, 0.3) is 0 Å². The Kier molecular flexibility index (Phi) is 6.02. The van der Waals surface area contributed by atoms with Crippen molar-refractivity contribution in [3.63, 3.8) is 0 Å². The molecule has 19 heavy (non-hydrogen) atoms. The number of alkyl halides is 3. The fourth-order valence-electron chi connectivity index (χ4n) is 2.48. The molecule has 0 aliphatic heterocycles.